The van der Waals surface area contributed by atoms with Crippen LogP contribution in [0.3, 0.4) is 0 Å². The topological polar surface area (TPSA) is 98.7 Å². The number of allylic oxidation sites excluding steroid dienone is 3. The second-order valence-electron chi connectivity index (χ2n) is 7.08. The van der Waals surface area contributed by atoms with Crippen LogP contribution in [0.15, 0.2) is 67.2 Å². The third-order valence-electron chi connectivity index (χ3n) is 4.89. The number of hydrogen-bond donors (Lipinski definition) is 2. The number of nitrogens with one attached hydrogen (secondary N) is 1. The molecule has 1 aliphatic carbocycles. The minimum absolute atomic E-state index is 0.338. The fourth-order valence-corrected chi connectivity index (χ4v) is 3.87. The van der Waals surface area contributed by atoms with Gasteiger partial charge in [0, 0.05) is 11.3 Å². The molecular weight excluding hydrogens is 508 g/mol. The molecule has 1 aliphatic rings. The van der Waals surface area contributed by atoms with Gasteiger partial charge in [-0.15, -0.1) is 4.80 Å². The molecule has 0 saturated heterocycles. The van der Waals surface area contributed by atoms with Crippen molar-refractivity contribution in [1.29, 1.82) is 0 Å². The molecule has 12 heteroatoms. The van der Waals surface area contributed by atoms with Crippen LogP contribution < -0.4 is 11.1 Å². The van der Waals surface area contributed by atoms with Gasteiger partial charge in [-0.05, 0) is 23.8 Å². The summed E-state index contributed by atoms with van der Waals surface area (Å²) in [5, 5.41) is 9.47. The normalized spacial score (nSPS) is 20.4. The lowest BCUT2D eigenvalue weighted by Crippen LogP contribution is -2.45. The van der Waals surface area contributed by atoms with Crippen molar-refractivity contribution in [2.75, 3.05) is 11.1 Å². The Balaban J connectivity index is 1.60. The van der Waals surface area contributed by atoms with Crippen molar-refractivity contribution < 1.29 is 22.4 Å². The Kier molecular flexibility index (Phi) is 5.78. The molecule has 2 unspecified atom stereocenters. The van der Waals surface area contributed by atoms with Crippen LogP contribution in [-0.4, -0.2) is 36.4 Å². The monoisotopic (exact) mass is 522 g/mol. The zero-order valence-electron chi connectivity index (χ0n) is 16.6. The lowest BCUT2D eigenvalue weighted by atomic mass is 9.89. The largest absolute Gasteiger partial charge is 0.420 e. The van der Waals surface area contributed by atoms with Gasteiger partial charge in [0.1, 0.15) is 5.56 Å². The molecule has 2 atom stereocenters. The molecule has 4 rings (SSSR count). The van der Waals surface area contributed by atoms with Crippen molar-refractivity contribution in [2.45, 2.75) is 16.7 Å². The standard InChI is InChI=1S/C21H15BrF4N6O/c22-17-9-12(14-3-1-2-4-16(14)27)5-6-20(17,23)19(33)31-13-10-15(21(24,25)26)18(28-11-13)32-29-7-8-30-32/h1-11,17H,27H2,(H,31,33). The number of rotatable bonds is 4. The summed E-state index contributed by atoms with van der Waals surface area (Å²) >= 11 is 3.15. The summed E-state index contributed by atoms with van der Waals surface area (Å²) < 4.78 is 56.2. The van der Waals surface area contributed by atoms with Crippen molar-refractivity contribution in [2.24, 2.45) is 0 Å². The van der Waals surface area contributed by atoms with Crippen molar-refractivity contribution in [3.8, 4) is 5.82 Å². The molecule has 3 aromatic rings. The highest BCUT2D eigenvalue weighted by atomic mass is 79.9. The van der Waals surface area contributed by atoms with Crippen LogP contribution in [-0.2, 0) is 11.0 Å². The van der Waals surface area contributed by atoms with Crippen LogP contribution in [0, 0.1) is 0 Å². The number of carbonyl (C=O) groups excluding carboxylic acids is 1. The predicted octanol–water partition coefficient (Wildman–Crippen LogP) is 4.33. The van der Waals surface area contributed by atoms with Gasteiger partial charge in [-0.2, -0.15) is 23.4 Å². The average Bonchev–Trinajstić information content (AvgIpc) is 3.30. The average molecular weight is 523 g/mol. The Hall–Kier alpha value is -3.54. The van der Waals surface area contributed by atoms with Crippen molar-refractivity contribution in [3.63, 3.8) is 0 Å². The maximum atomic E-state index is 15.6. The molecule has 0 aliphatic heterocycles. The number of carbonyl (C=O) groups is 1. The third-order valence-corrected chi connectivity index (χ3v) is 5.82. The first-order valence-electron chi connectivity index (χ1n) is 9.44. The minimum atomic E-state index is -4.82. The van der Waals surface area contributed by atoms with Crippen LogP contribution in [0.4, 0.5) is 28.9 Å². The Labute approximate surface area is 193 Å². The molecule has 1 amide bonds. The maximum absolute atomic E-state index is 15.6. The SMILES string of the molecule is Nc1ccccc1C1=CC(Br)C(F)(C(=O)Nc2cnc(-n3nccn3)c(C(F)(F)F)c2)C=C1. The highest BCUT2D eigenvalue weighted by Crippen LogP contribution is 2.38. The van der Waals surface area contributed by atoms with Crippen LogP contribution >= 0.6 is 15.9 Å². The van der Waals surface area contributed by atoms with E-state index in [0.717, 1.165) is 12.3 Å². The molecule has 33 heavy (non-hydrogen) atoms. The number of amides is 1. The number of anilines is 2. The summed E-state index contributed by atoms with van der Waals surface area (Å²) in [5.41, 5.74) is 3.56. The number of hydrogen-bond acceptors (Lipinski definition) is 5. The van der Waals surface area contributed by atoms with E-state index in [1.165, 1.54) is 24.5 Å². The molecule has 0 bridgehead atoms. The van der Waals surface area contributed by atoms with E-state index in [-0.39, 0.29) is 5.69 Å². The fourth-order valence-electron chi connectivity index (χ4n) is 3.22. The van der Waals surface area contributed by atoms with E-state index in [0.29, 0.717) is 27.7 Å². The Morgan fingerprint density at radius 3 is 2.55 bits per heavy atom. The molecule has 0 radical (unpaired) electrons. The van der Waals surface area contributed by atoms with E-state index in [1.807, 2.05) is 0 Å². The van der Waals surface area contributed by atoms with Crippen molar-refractivity contribution >= 4 is 38.8 Å². The molecule has 2 heterocycles. The highest BCUT2D eigenvalue weighted by molar-refractivity contribution is 9.09. The summed E-state index contributed by atoms with van der Waals surface area (Å²) in [4.78, 5) is 16.0. The van der Waals surface area contributed by atoms with Gasteiger partial charge in [0.25, 0.3) is 5.91 Å². The second-order valence-corrected chi connectivity index (χ2v) is 8.06. The Morgan fingerprint density at radius 1 is 1.21 bits per heavy atom. The Morgan fingerprint density at radius 2 is 1.91 bits per heavy atom. The molecule has 170 valence electrons. The number of aromatic nitrogens is 4. The molecular formula is C21H15BrF4N6O. The summed E-state index contributed by atoms with van der Waals surface area (Å²) in [5.74, 6) is -1.75. The summed E-state index contributed by atoms with van der Waals surface area (Å²) in [7, 11) is 0. The van der Waals surface area contributed by atoms with Crippen LogP contribution in [0.25, 0.3) is 11.4 Å². The second kappa shape index (κ2) is 8.43. The summed E-state index contributed by atoms with van der Waals surface area (Å²) in [6, 6.07) is 7.60. The summed E-state index contributed by atoms with van der Waals surface area (Å²) in [6.45, 7) is 0. The van der Waals surface area contributed by atoms with E-state index < -0.39 is 34.0 Å². The number of pyridine rings is 1. The zero-order valence-corrected chi connectivity index (χ0v) is 18.2. The van der Waals surface area contributed by atoms with E-state index in [1.54, 1.807) is 24.3 Å². The molecule has 2 aromatic heterocycles. The van der Waals surface area contributed by atoms with Gasteiger partial charge >= 0.3 is 6.18 Å². The molecule has 3 N–H and O–H groups in total. The van der Waals surface area contributed by atoms with Crippen LogP contribution in [0.5, 0.6) is 0 Å². The van der Waals surface area contributed by atoms with Crippen molar-refractivity contribution in [3.05, 3.63) is 78.3 Å². The highest BCUT2D eigenvalue weighted by Gasteiger charge is 2.44. The number of benzene rings is 1. The van der Waals surface area contributed by atoms with E-state index in [9.17, 15) is 18.0 Å². The van der Waals surface area contributed by atoms with Crippen LogP contribution in [0.1, 0.15) is 11.1 Å². The van der Waals surface area contributed by atoms with Gasteiger partial charge in [-0.1, -0.05) is 46.3 Å². The lowest BCUT2D eigenvalue weighted by Gasteiger charge is -2.28. The van der Waals surface area contributed by atoms with Crippen molar-refractivity contribution in [1.82, 2.24) is 20.0 Å². The number of nitrogen functional groups attached to an aromatic ring is 1. The predicted molar refractivity (Wildman–Crippen MR) is 117 cm³/mol. The minimum Gasteiger partial charge on any atom is -0.398 e. The van der Waals surface area contributed by atoms with Gasteiger partial charge < -0.3 is 11.1 Å². The number of nitrogens with zero attached hydrogens (tertiary/aromatic N) is 4. The number of halogens is 5. The maximum Gasteiger partial charge on any atom is 0.420 e. The van der Waals surface area contributed by atoms with Gasteiger partial charge in [0.05, 0.1) is 29.1 Å². The first-order chi connectivity index (χ1) is 15.6. The van der Waals surface area contributed by atoms with Gasteiger partial charge in [-0.25, -0.2) is 9.37 Å². The fraction of sp³-hybridized carbons (Fsp3) is 0.143. The third kappa shape index (κ3) is 4.38. The molecule has 1 aromatic carbocycles. The zero-order chi connectivity index (χ0) is 23.8. The van der Waals surface area contributed by atoms with Gasteiger partial charge in [-0.3, -0.25) is 4.79 Å². The van der Waals surface area contributed by atoms with Gasteiger partial charge in [0.15, 0.2) is 5.82 Å². The number of alkyl halides is 5. The lowest BCUT2D eigenvalue weighted by molar-refractivity contribution is -0.137. The van der Waals surface area contributed by atoms with E-state index >= 15 is 4.39 Å². The Bertz CT molecular complexity index is 1260. The molecule has 0 spiro atoms. The molecule has 0 fully saturated rings. The number of nitrogens with two attached hydrogens (primary N) is 1. The molecule has 7 nitrogen and oxygen atoms in total. The number of para-hydroxylation sites is 1. The quantitative estimate of drug-likeness (QED) is 0.302. The van der Waals surface area contributed by atoms with Crippen LogP contribution in [0.2, 0.25) is 0 Å². The van der Waals surface area contributed by atoms with E-state index in [4.69, 9.17) is 5.73 Å². The summed E-state index contributed by atoms with van der Waals surface area (Å²) in [6.07, 6.45) is 2.44. The smallest absolute Gasteiger partial charge is 0.398 e. The van der Waals surface area contributed by atoms with E-state index in [2.05, 4.69) is 36.4 Å². The molecule has 0 saturated carbocycles. The first-order valence-corrected chi connectivity index (χ1v) is 10.4. The first kappa shape index (κ1) is 22.6. The van der Waals surface area contributed by atoms with Gasteiger partial charge in [0.2, 0.25) is 5.67 Å².